The van der Waals surface area contributed by atoms with Crippen molar-refractivity contribution in [2.24, 2.45) is 0 Å². The van der Waals surface area contributed by atoms with E-state index in [0.29, 0.717) is 32.1 Å². The molecule has 1 saturated heterocycles. The van der Waals surface area contributed by atoms with Gasteiger partial charge >= 0.3 is 0 Å². The Morgan fingerprint density at radius 1 is 1.26 bits per heavy atom. The number of phenolic OH excluding ortho intramolecular Hbond substituents is 1. The maximum Gasteiger partial charge on any atom is 0.254 e. The van der Waals surface area contributed by atoms with Crippen molar-refractivity contribution >= 4 is 5.91 Å². The Hall–Kier alpha value is -2.60. The Balaban J connectivity index is 1.65. The Morgan fingerprint density at radius 2 is 2.15 bits per heavy atom. The zero-order chi connectivity index (χ0) is 18.9. The van der Waals surface area contributed by atoms with Gasteiger partial charge in [-0.25, -0.2) is 0 Å². The van der Waals surface area contributed by atoms with Crippen molar-refractivity contribution in [2.75, 3.05) is 19.8 Å². The molecule has 0 spiro atoms. The van der Waals surface area contributed by atoms with Crippen LogP contribution in [0.2, 0.25) is 0 Å². The summed E-state index contributed by atoms with van der Waals surface area (Å²) in [5.41, 5.74) is 1.77. The molecule has 142 valence electrons. The topological polar surface area (TPSA) is 71.9 Å². The van der Waals surface area contributed by atoms with E-state index in [1.807, 2.05) is 25.1 Å². The molecule has 1 unspecified atom stereocenters. The van der Waals surface area contributed by atoms with E-state index in [1.54, 1.807) is 23.4 Å². The molecule has 0 radical (unpaired) electrons. The number of carbonyl (C=O) groups excluding carboxylic acids is 1. The van der Waals surface area contributed by atoms with Gasteiger partial charge in [0.1, 0.15) is 12.2 Å². The van der Waals surface area contributed by atoms with E-state index < -0.39 is 5.60 Å². The van der Waals surface area contributed by atoms with Crippen molar-refractivity contribution in [1.29, 1.82) is 0 Å². The van der Waals surface area contributed by atoms with Crippen LogP contribution in [0.15, 0.2) is 36.7 Å². The molecule has 1 atom stereocenters. The van der Waals surface area contributed by atoms with Gasteiger partial charge in [0.15, 0.2) is 11.5 Å². The summed E-state index contributed by atoms with van der Waals surface area (Å²) < 4.78 is 11.6. The Bertz CT molecular complexity index is 832. The summed E-state index contributed by atoms with van der Waals surface area (Å²) in [7, 11) is 0. The van der Waals surface area contributed by atoms with Gasteiger partial charge < -0.3 is 19.5 Å². The molecule has 3 heterocycles. The molecule has 1 aromatic heterocycles. The minimum Gasteiger partial charge on any atom is -0.504 e. The number of hydrogen-bond acceptors (Lipinski definition) is 5. The van der Waals surface area contributed by atoms with Crippen LogP contribution < -0.4 is 4.74 Å². The maximum absolute atomic E-state index is 13.2. The Kier molecular flexibility index (Phi) is 4.74. The number of nitrogens with zero attached hydrogens (tertiary/aromatic N) is 2. The summed E-state index contributed by atoms with van der Waals surface area (Å²) in [4.78, 5) is 19.1. The van der Waals surface area contributed by atoms with E-state index in [4.69, 9.17) is 9.47 Å². The predicted molar refractivity (Wildman–Crippen MR) is 100 cm³/mol. The molecule has 2 aliphatic rings. The number of phenols is 1. The summed E-state index contributed by atoms with van der Waals surface area (Å²) in [5.74, 6) is 0.526. The fraction of sp³-hybridized carbons (Fsp3) is 0.429. The zero-order valence-corrected chi connectivity index (χ0v) is 15.5. The second kappa shape index (κ2) is 7.19. The number of amides is 1. The van der Waals surface area contributed by atoms with E-state index in [-0.39, 0.29) is 11.7 Å². The van der Waals surface area contributed by atoms with Crippen molar-refractivity contribution in [3.8, 4) is 22.6 Å². The standard InChI is InChI=1S/C21H24N2O4/c1-21(6-2-3-9-27-21)20(25)23-8-10-26-19-17(14-23)11-16(12-18(19)24)15-5-4-7-22-13-15/h4-5,7,11-13,24H,2-3,6,8-10,14H2,1H3. The van der Waals surface area contributed by atoms with Gasteiger partial charge in [-0.05, 0) is 49.9 Å². The molecule has 27 heavy (non-hydrogen) atoms. The summed E-state index contributed by atoms with van der Waals surface area (Å²) >= 11 is 0. The third-order valence-corrected chi connectivity index (χ3v) is 5.32. The van der Waals surface area contributed by atoms with Gasteiger partial charge in [0.05, 0.1) is 6.54 Å². The average molecular weight is 368 g/mol. The molecule has 6 nitrogen and oxygen atoms in total. The van der Waals surface area contributed by atoms with Gasteiger partial charge in [0.2, 0.25) is 0 Å². The predicted octanol–water partition coefficient (Wildman–Crippen LogP) is 3.13. The van der Waals surface area contributed by atoms with Gasteiger partial charge in [0.25, 0.3) is 5.91 Å². The van der Waals surface area contributed by atoms with Crippen LogP contribution in [0.3, 0.4) is 0 Å². The molecule has 1 amide bonds. The normalized spacial score (nSPS) is 22.5. The van der Waals surface area contributed by atoms with Gasteiger partial charge in [-0.2, -0.15) is 0 Å². The van der Waals surface area contributed by atoms with E-state index in [1.165, 1.54) is 0 Å². The minimum atomic E-state index is -0.772. The van der Waals surface area contributed by atoms with Gasteiger partial charge in [0, 0.05) is 36.7 Å². The van der Waals surface area contributed by atoms with Crippen LogP contribution >= 0.6 is 0 Å². The highest BCUT2D eigenvalue weighted by molar-refractivity contribution is 5.85. The first-order valence-corrected chi connectivity index (χ1v) is 9.39. The van der Waals surface area contributed by atoms with Crippen molar-refractivity contribution < 1.29 is 19.4 Å². The first-order valence-electron chi connectivity index (χ1n) is 9.39. The number of hydrogen-bond donors (Lipinski definition) is 1. The summed E-state index contributed by atoms with van der Waals surface area (Å²) in [6.07, 6.45) is 6.18. The highest BCUT2D eigenvalue weighted by Gasteiger charge is 2.40. The SMILES string of the molecule is CC1(C(=O)N2CCOc3c(O)cc(-c4cccnc4)cc3C2)CCCCO1. The molecule has 0 bridgehead atoms. The monoisotopic (exact) mass is 368 g/mol. The number of ether oxygens (including phenoxy) is 2. The summed E-state index contributed by atoms with van der Waals surface area (Å²) in [6, 6.07) is 7.43. The average Bonchev–Trinajstić information content (AvgIpc) is 2.91. The van der Waals surface area contributed by atoms with Crippen LogP contribution in [0.5, 0.6) is 11.5 Å². The molecule has 0 saturated carbocycles. The quantitative estimate of drug-likeness (QED) is 0.882. The van der Waals surface area contributed by atoms with Crippen molar-refractivity contribution in [3.63, 3.8) is 0 Å². The van der Waals surface area contributed by atoms with Gasteiger partial charge in [-0.3, -0.25) is 9.78 Å². The van der Waals surface area contributed by atoms with Crippen LogP contribution in [-0.4, -0.2) is 46.3 Å². The highest BCUT2D eigenvalue weighted by atomic mass is 16.5. The lowest BCUT2D eigenvalue weighted by Gasteiger charge is -2.36. The van der Waals surface area contributed by atoms with Gasteiger partial charge in [-0.1, -0.05) is 6.07 Å². The Labute approximate surface area is 158 Å². The molecular formula is C21H24N2O4. The van der Waals surface area contributed by atoms with Crippen LogP contribution in [0, 0.1) is 0 Å². The molecule has 6 heteroatoms. The number of benzene rings is 1. The van der Waals surface area contributed by atoms with E-state index in [2.05, 4.69) is 4.98 Å². The van der Waals surface area contributed by atoms with E-state index in [9.17, 15) is 9.90 Å². The largest absolute Gasteiger partial charge is 0.504 e. The zero-order valence-electron chi connectivity index (χ0n) is 15.5. The molecular weight excluding hydrogens is 344 g/mol. The Morgan fingerprint density at radius 3 is 2.89 bits per heavy atom. The van der Waals surface area contributed by atoms with Crippen LogP contribution in [-0.2, 0) is 16.1 Å². The molecule has 1 N–H and O–H groups in total. The fourth-order valence-corrected chi connectivity index (χ4v) is 3.81. The van der Waals surface area contributed by atoms with Crippen LogP contribution in [0.1, 0.15) is 31.7 Å². The number of pyridine rings is 1. The fourth-order valence-electron chi connectivity index (χ4n) is 3.81. The number of fused-ring (bicyclic) bond motifs is 1. The molecule has 2 aliphatic heterocycles. The first kappa shape index (κ1) is 17.8. The highest BCUT2D eigenvalue weighted by Crippen LogP contribution is 2.38. The van der Waals surface area contributed by atoms with Crippen LogP contribution in [0.4, 0.5) is 0 Å². The van der Waals surface area contributed by atoms with Gasteiger partial charge in [-0.15, -0.1) is 0 Å². The first-order chi connectivity index (χ1) is 13.1. The minimum absolute atomic E-state index is 0.00933. The maximum atomic E-state index is 13.2. The molecule has 1 aromatic carbocycles. The van der Waals surface area contributed by atoms with E-state index in [0.717, 1.165) is 36.0 Å². The lowest BCUT2D eigenvalue weighted by molar-refractivity contribution is -0.162. The molecule has 1 fully saturated rings. The van der Waals surface area contributed by atoms with Crippen LogP contribution in [0.25, 0.3) is 11.1 Å². The third kappa shape index (κ3) is 3.49. The molecule has 0 aliphatic carbocycles. The third-order valence-electron chi connectivity index (χ3n) is 5.32. The van der Waals surface area contributed by atoms with Crippen molar-refractivity contribution in [1.82, 2.24) is 9.88 Å². The lowest BCUT2D eigenvalue weighted by atomic mass is 9.94. The second-order valence-electron chi connectivity index (χ2n) is 7.34. The smallest absolute Gasteiger partial charge is 0.254 e. The molecule has 4 rings (SSSR count). The van der Waals surface area contributed by atoms with Crippen molar-refractivity contribution in [3.05, 3.63) is 42.2 Å². The number of aromatic nitrogens is 1. The second-order valence-corrected chi connectivity index (χ2v) is 7.34. The molecule has 2 aromatic rings. The number of rotatable bonds is 2. The lowest BCUT2D eigenvalue weighted by Crippen LogP contribution is -2.50. The number of carbonyl (C=O) groups is 1. The van der Waals surface area contributed by atoms with E-state index >= 15 is 0 Å². The summed E-state index contributed by atoms with van der Waals surface area (Å²) in [6.45, 7) is 3.69. The summed E-state index contributed by atoms with van der Waals surface area (Å²) in [5, 5.41) is 10.5. The van der Waals surface area contributed by atoms with Crippen molar-refractivity contribution in [2.45, 2.75) is 38.3 Å². The number of aromatic hydroxyl groups is 1.